The van der Waals surface area contributed by atoms with Gasteiger partial charge in [0.1, 0.15) is 6.04 Å². The van der Waals surface area contributed by atoms with Crippen molar-refractivity contribution >= 4 is 11.9 Å². The quantitative estimate of drug-likeness (QED) is 0.596. The van der Waals surface area contributed by atoms with Crippen LogP contribution in [0.1, 0.15) is 18.7 Å². The number of urea groups is 1. The second-order valence-electron chi connectivity index (χ2n) is 3.14. The Hall–Kier alpha value is -1.96. The topological polar surface area (TPSA) is 115 Å². The van der Waals surface area contributed by atoms with Crippen molar-refractivity contribution < 1.29 is 9.59 Å². The van der Waals surface area contributed by atoms with Crippen molar-refractivity contribution in [1.29, 1.82) is 0 Å². The van der Waals surface area contributed by atoms with Crippen molar-refractivity contribution in [3.05, 3.63) is 11.9 Å². The van der Waals surface area contributed by atoms with E-state index >= 15 is 0 Å². The second kappa shape index (κ2) is 5.21. The van der Waals surface area contributed by atoms with E-state index in [0.29, 0.717) is 5.69 Å². The predicted molar refractivity (Wildman–Crippen MR) is 55.2 cm³/mol. The van der Waals surface area contributed by atoms with E-state index in [2.05, 4.69) is 20.9 Å². The lowest BCUT2D eigenvalue weighted by Gasteiger charge is -2.10. The Morgan fingerprint density at radius 2 is 2.31 bits per heavy atom. The summed E-state index contributed by atoms with van der Waals surface area (Å²) in [5.41, 5.74) is 5.94. The molecule has 0 aliphatic rings. The van der Waals surface area contributed by atoms with Crippen LogP contribution in [0.4, 0.5) is 4.79 Å². The number of nitrogens with two attached hydrogens (primary N) is 1. The number of amides is 3. The molecule has 0 radical (unpaired) electrons. The van der Waals surface area contributed by atoms with Crippen molar-refractivity contribution in [3.63, 3.8) is 0 Å². The monoisotopic (exact) mass is 226 g/mol. The van der Waals surface area contributed by atoms with Gasteiger partial charge in [0.25, 0.3) is 5.91 Å². The van der Waals surface area contributed by atoms with Gasteiger partial charge in [-0.05, 0) is 6.92 Å². The summed E-state index contributed by atoms with van der Waals surface area (Å²) >= 11 is 0. The van der Waals surface area contributed by atoms with E-state index in [9.17, 15) is 9.59 Å². The molecule has 0 aliphatic heterocycles. The van der Waals surface area contributed by atoms with Crippen molar-refractivity contribution in [2.75, 3.05) is 7.05 Å². The van der Waals surface area contributed by atoms with Crippen LogP contribution in [0.5, 0.6) is 0 Å². The second-order valence-corrected chi connectivity index (χ2v) is 3.14. The first-order valence-corrected chi connectivity index (χ1v) is 4.71. The zero-order valence-electron chi connectivity index (χ0n) is 9.10. The molecule has 8 nitrogen and oxygen atoms in total. The summed E-state index contributed by atoms with van der Waals surface area (Å²) in [6.07, 6.45) is 1.56. The molecule has 0 aromatic carbocycles. The third-order valence-electron chi connectivity index (χ3n) is 2.01. The Morgan fingerprint density at radius 3 is 2.81 bits per heavy atom. The molecule has 1 heterocycles. The molecule has 1 rings (SSSR count). The molecule has 0 saturated heterocycles. The molecule has 3 amide bonds. The lowest BCUT2D eigenvalue weighted by molar-refractivity contribution is -0.123. The molecule has 0 bridgehead atoms. The minimum absolute atomic E-state index is 0.254. The predicted octanol–water partition coefficient (Wildman–Crippen LogP) is -1.25. The first-order chi connectivity index (χ1) is 7.58. The van der Waals surface area contributed by atoms with Gasteiger partial charge in [0.05, 0.1) is 11.9 Å². The van der Waals surface area contributed by atoms with Crippen LogP contribution in [0.2, 0.25) is 0 Å². The van der Waals surface area contributed by atoms with Crippen LogP contribution < -0.4 is 16.4 Å². The number of rotatable bonds is 3. The molecule has 1 aromatic heterocycles. The average Bonchev–Trinajstić information content (AvgIpc) is 2.76. The van der Waals surface area contributed by atoms with Crippen molar-refractivity contribution in [1.82, 2.24) is 25.6 Å². The zero-order valence-corrected chi connectivity index (χ0v) is 9.10. The minimum Gasteiger partial charge on any atom is -0.341 e. The Kier molecular flexibility index (Phi) is 3.95. The molecular weight excluding hydrogens is 212 g/mol. The molecule has 1 unspecified atom stereocenters. The summed E-state index contributed by atoms with van der Waals surface area (Å²) in [6, 6.07) is -1.18. The highest BCUT2D eigenvalue weighted by Gasteiger charge is 2.18. The van der Waals surface area contributed by atoms with Crippen LogP contribution in [0.25, 0.3) is 0 Å². The van der Waals surface area contributed by atoms with E-state index in [1.165, 1.54) is 11.7 Å². The number of carbonyl (C=O) groups excluding carboxylic acids is 2. The Balaban J connectivity index is 2.66. The number of aromatic nitrogens is 3. The lowest BCUT2D eigenvalue weighted by Crippen LogP contribution is -2.40. The van der Waals surface area contributed by atoms with E-state index < -0.39 is 18.0 Å². The Labute approximate surface area is 92.2 Å². The van der Waals surface area contributed by atoms with E-state index in [1.807, 2.05) is 0 Å². The SMILES string of the molecule is CNC(=O)NC(=O)C(C)n1cc(CN)nn1. The number of hydrogen-bond donors (Lipinski definition) is 3. The number of carbonyl (C=O) groups is 2. The van der Waals surface area contributed by atoms with Gasteiger partial charge in [-0.25, -0.2) is 9.48 Å². The molecule has 8 heteroatoms. The van der Waals surface area contributed by atoms with Crippen LogP contribution in [-0.2, 0) is 11.3 Å². The minimum atomic E-state index is -0.620. The number of imide groups is 1. The molecule has 0 aliphatic carbocycles. The van der Waals surface area contributed by atoms with E-state index in [0.717, 1.165) is 0 Å². The number of hydrogen-bond acceptors (Lipinski definition) is 5. The highest BCUT2D eigenvalue weighted by Crippen LogP contribution is 2.04. The summed E-state index contributed by atoms with van der Waals surface area (Å²) in [5, 5.41) is 11.9. The highest BCUT2D eigenvalue weighted by atomic mass is 16.2. The van der Waals surface area contributed by atoms with Gasteiger partial charge in [-0.2, -0.15) is 0 Å². The Bertz CT molecular complexity index is 388. The fraction of sp³-hybridized carbons (Fsp3) is 0.500. The smallest absolute Gasteiger partial charge is 0.321 e. The number of nitrogens with one attached hydrogen (secondary N) is 2. The van der Waals surface area contributed by atoms with Gasteiger partial charge < -0.3 is 11.1 Å². The fourth-order valence-corrected chi connectivity index (χ4v) is 0.995. The average molecular weight is 226 g/mol. The maximum Gasteiger partial charge on any atom is 0.321 e. The lowest BCUT2D eigenvalue weighted by atomic mass is 10.3. The van der Waals surface area contributed by atoms with Gasteiger partial charge in [-0.15, -0.1) is 5.10 Å². The van der Waals surface area contributed by atoms with Gasteiger partial charge in [-0.3, -0.25) is 10.1 Å². The zero-order chi connectivity index (χ0) is 12.1. The molecule has 88 valence electrons. The maximum atomic E-state index is 11.5. The third kappa shape index (κ3) is 2.76. The Morgan fingerprint density at radius 1 is 1.62 bits per heavy atom. The highest BCUT2D eigenvalue weighted by molar-refractivity contribution is 5.95. The van der Waals surface area contributed by atoms with Gasteiger partial charge in [0.15, 0.2) is 0 Å². The van der Waals surface area contributed by atoms with Crippen LogP contribution >= 0.6 is 0 Å². The van der Waals surface area contributed by atoms with E-state index in [4.69, 9.17) is 5.73 Å². The van der Waals surface area contributed by atoms with Gasteiger partial charge in [0, 0.05) is 13.6 Å². The molecule has 1 atom stereocenters. The van der Waals surface area contributed by atoms with Crippen molar-refractivity contribution in [2.24, 2.45) is 5.73 Å². The van der Waals surface area contributed by atoms with Crippen LogP contribution in [-0.4, -0.2) is 34.0 Å². The van der Waals surface area contributed by atoms with Crippen molar-refractivity contribution in [3.8, 4) is 0 Å². The van der Waals surface area contributed by atoms with Crippen LogP contribution in [0, 0.1) is 0 Å². The first-order valence-electron chi connectivity index (χ1n) is 4.71. The molecule has 0 saturated carbocycles. The largest absolute Gasteiger partial charge is 0.341 e. The van der Waals surface area contributed by atoms with Crippen molar-refractivity contribution in [2.45, 2.75) is 19.5 Å². The molecule has 0 spiro atoms. The van der Waals surface area contributed by atoms with E-state index in [1.54, 1.807) is 13.1 Å². The number of nitrogens with zero attached hydrogens (tertiary/aromatic N) is 3. The van der Waals surface area contributed by atoms with Crippen LogP contribution in [0.3, 0.4) is 0 Å². The molecule has 1 aromatic rings. The third-order valence-corrected chi connectivity index (χ3v) is 2.01. The molecule has 16 heavy (non-hydrogen) atoms. The first kappa shape index (κ1) is 12.1. The summed E-state index contributed by atoms with van der Waals surface area (Å²) in [6.45, 7) is 1.86. The standard InChI is InChI=1S/C8H14N6O2/c1-5(7(15)11-8(16)10-2)14-4-6(3-9)12-13-14/h4-5H,3,9H2,1-2H3,(H2,10,11,15,16). The van der Waals surface area contributed by atoms with Gasteiger partial charge in [0.2, 0.25) is 0 Å². The van der Waals surface area contributed by atoms with Gasteiger partial charge in [-0.1, -0.05) is 5.21 Å². The van der Waals surface area contributed by atoms with Crippen LogP contribution in [0.15, 0.2) is 6.20 Å². The summed E-state index contributed by atoms with van der Waals surface area (Å²) in [7, 11) is 1.43. The van der Waals surface area contributed by atoms with E-state index in [-0.39, 0.29) is 6.54 Å². The summed E-state index contributed by atoms with van der Waals surface area (Å²) in [4.78, 5) is 22.4. The summed E-state index contributed by atoms with van der Waals surface area (Å²) in [5.74, 6) is -0.465. The summed E-state index contributed by atoms with van der Waals surface area (Å²) < 4.78 is 1.35. The molecule has 0 fully saturated rings. The molecular formula is C8H14N6O2. The van der Waals surface area contributed by atoms with Gasteiger partial charge >= 0.3 is 6.03 Å². The molecule has 4 N–H and O–H groups in total. The fourth-order valence-electron chi connectivity index (χ4n) is 0.995. The maximum absolute atomic E-state index is 11.5. The normalized spacial score (nSPS) is 11.9.